The van der Waals surface area contributed by atoms with Crippen molar-refractivity contribution in [2.75, 3.05) is 20.1 Å². The maximum Gasteiger partial charge on any atom is 0.276 e. The molecule has 6 heteroatoms. The minimum Gasteiger partial charge on any atom is -0.314 e. The Morgan fingerprint density at radius 1 is 1.43 bits per heavy atom. The molecule has 1 aliphatic rings. The van der Waals surface area contributed by atoms with Crippen molar-refractivity contribution >= 4 is 10.2 Å². The van der Waals surface area contributed by atoms with Crippen LogP contribution in [-0.4, -0.2) is 34.6 Å². The zero-order valence-corrected chi connectivity index (χ0v) is 9.52. The third-order valence-corrected chi connectivity index (χ3v) is 3.68. The van der Waals surface area contributed by atoms with E-state index in [1.807, 2.05) is 0 Å². The number of piperidine rings is 1. The van der Waals surface area contributed by atoms with Gasteiger partial charge in [-0.1, -0.05) is 0 Å². The van der Waals surface area contributed by atoms with Gasteiger partial charge >= 0.3 is 0 Å². The molecule has 0 aromatic heterocycles. The predicted molar refractivity (Wildman–Crippen MR) is 56.2 cm³/mol. The van der Waals surface area contributed by atoms with E-state index in [-0.39, 0.29) is 0 Å². The van der Waals surface area contributed by atoms with Gasteiger partial charge in [-0.3, -0.25) is 0 Å². The van der Waals surface area contributed by atoms with Crippen LogP contribution in [0, 0.1) is 5.92 Å². The van der Waals surface area contributed by atoms with Crippen LogP contribution < -0.4 is 14.8 Å². The van der Waals surface area contributed by atoms with Crippen molar-refractivity contribution in [1.29, 1.82) is 0 Å². The highest BCUT2D eigenvalue weighted by Gasteiger charge is 2.18. The average Bonchev–Trinajstić information content (AvgIpc) is 2.17. The second-order valence-electron chi connectivity index (χ2n) is 3.81. The Hall–Kier alpha value is -0.170. The van der Waals surface area contributed by atoms with Crippen LogP contribution in [0.2, 0.25) is 0 Å². The van der Waals surface area contributed by atoms with Crippen molar-refractivity contribution in [2.24, 2.45) is 5.92 Å². The molecule has 0 spiro atoms. The van der Waals surface area contributed by atoms with Crippen molar-refractivity contribution in [3.8, 4) is 0 Å². The summed E-state index contributed by atoms with van der Waals surface area (Å²) >= 11 is 0. The van der Waals surface area contributed by atoms with E-state index >= 15 is 0 Å². The highest BCUT2D eigenvalue weighted by atomic mass is 32.2. The van der Waals surface area contributed by atoms with E-state index in [2.05, 4.69) is 21.7 Å². The summed E-state index contributed by atoms with van der Waals surface area (Å²) < 4.78 is 26.9. The van der Waals surface area contributed by atoms with Gasteiger partial charge in [0.2, 0.25) is 0 Å². The summed E-state index contributed by atoms with van der Waals surface area (Å²) in [6.07, 6.45) is 2.20. The molecular weight excluding hydrogens is 202 g/mol. The predicted octanol–water partition coefficient (Wildman–Crippen LogP) is -0.572. The molecule has 2 unspecified atom stereocenters. The third-order valence-electron chi connectivity index (χ3n) is 2.59. The van der Waals surface area contributed by atoms with Crippen molar-refractivity contribution in [1.82, 2.24) is 14.8 Å². The van der Waals surface area contributed by atoms with Gasteiger partial charge in [-0.15, -0.1) is 0 Å². The molecule has 0 saturated carbocycles. The summed E-state index contributed by atoms with van der Waals surface area (Å²) in [7, 11) is -1.85. The Balaban J connectivity index is 2.26. The SMILES string of the molecule is CNS(=O)(=O)NCC1CCC(C)NC1. The molecule has 1 rings (SSSR count). The number of nitrogens with one attached hydrogen (secondary N) is 3. The zero-order chi connectivity index (χ0) is 10.6. The summed E-state index contributed by atoms with van der Waals surface area (Å²) in [6.45, 7) is 3.56. The molecule has 0 amide bonds. The van der Waals surface area contributed by atoms with Crippen molar-refractivity contribution in [3.05, 3.63) is 0 Å². The van der Waals surface area contributed by atoms with Crippen LogP contribution in [-0.2, 0) is 10.2 Å². The second kappa shape index (κ2) is 5.06. The minimum atomic E-state index is -3.26. The minimum absolute atomic E-state index is 0.411. The van der Waals surface area contributed by atoms with E-state index in [4.69, 9.17) is 0 Å². The van der Waals surface area contributed by atoms with E-state index < -0.39 is 10.2 Å². The first-order valence-electron chi connectivity index (χ1n) is 4.95. The van der Waals surface area contributed by atoms with Crippen LogP contribution in [0.15, 0.2) is 0 Å². The molecule has 5 nitrogen and oxygen atoms in total. The smallest absolute Gasteiger partial charge is 0.276 e. The Morgan fingerprint density at radius 2 is 2.14 bits per heavy atom. The van der Waals surface area contributed by atoms with Crippen molar-refractivity contribution in [3.63, 3.8) is 0 Å². The average molecular weight is 221 g/mol. The van der Waals surface area contributed by atoms with Crippen LogP contribution in [0.5, 0.6) is 0 Å². The van der Waals surface area contributed by atoms with Crippen molar-refractivity contribution in [2.45, 2.75) is 25.8 Å². The second-order valence-corrected chi connectivity index (χ2v) is 5.51. The van der Waals surface area contributed by atoms with Crippen LogP contribution in [0.25, 0.3) is 0 Å². The molecule has 3 N–H and O–H groups in total. The summed E-state index contributed by atoms with van der Waals surface area (Å²) in [5, 5.41) is 3.33. The topological polar surface area (TPSA) is 70.2 Å². The first-order chi connectivity index (χ1) is 6.53. The van der Waals surface area contributed by atoms with E-state index in [1.165, 1.54) is 7.05 Å². The maximum atomic E-state index is 11.1. The Morgan fingerprint density at radius 3 is 2.64 bits per heavy atom. The van der Waals surface area contributed by atoms with Gasteiger partial charge < -0.3 is 5.32 Å². The van der Waals surface area contributed by atoms with E-state index in [1.54, 1.807) is 0 Å². The highest BCUT2D eigenvalue weighted by molar-refractivity contribution is 7.87. The lowest BCUT2D eigenvalue weighted by molar-refractivity contribution is 0.323. The van der Waals surface area contributed by atoms with Crippen LogP contribution >= 0.6 is 0 Å². The van der Waals surface area contributed by atoms with Crippen molar-refractivity contribution < 1.29 is 8.42 Å². The standard InChI is InChI=1S/C8H19N3O2S/c1-7-3-4-8(5-10-7)6-11-14(12,13)9-2/h7-11H,3-6H2,1-2H3. The van der Waals surface area contributed by atoms with Gasteiger partial charge in [0, 0.05) is 19.6 Å². The first-order valence-corrected chi connectivity index (χ1v) is 6.43. The van der Waals surface area contributed by atoms with Gasteiger partial charge in [0.25, 0.3) is 10.2 Å². The lowest BCUT2D eigenvalue weighted by Crippen LogP contribution is -2.43. The maximum absolute atomic E-state index is 11.1. The number of rotatable bonds is 4. The lowest BCUT2D eigenvalue weighted by Gasteiger charge is -2.27. The lowest BCUT2D eigenvalue weighted by atomic mass is 9.96. The summed E-state index contributed by atoms with van der Waals surface area (Å²) in [5.74, 6) is 0.411. The summed E-state index contributed by atoms with van der Waals surface area (Å²) in [5.41, 5.74) is 0. The molecule has 0 radical (unpaired) electrons. The largest absolute Gasteiger partial charge is 0.314 e. The Labute approximate surface area is 85.8 Å². The van der Waals surface area contributed by atoms with Crippen LogP contribution in [0.4, 0.5) is 0 Å². The molecule has 1 fully saturated rings. The fourth-order valence-corrected chi connectivity index (χ4v) is 2.13. The molecule has 0 aromatic rings. The molecule has 84 valence electrons. The molecule has 1 saturated heterocycles. The quantitative estimate of drug-likeness (QED) is 0.595. The molecular formula is C8H19N3O2S. The van der Waals surface area contributed by atoms with E-state index in [0.717, 1.165) is 19.4 Å². The molecule has 0 aliphatic carbocycles. The summed E-state index contributed by atoms with van der Waals surface area (Å²) in [4.78, 5) is 0. The van der Waals surface area contributed by atoms with E-state index in [9.17, 15) is 8.42 Å². The van der Waals surface area contributed by atoms with Gasteiger partial charge in [-0.05, 0) is 32.2 Å². The monoisotopic (exact) mass is 221 g/mol. The van der Waals surface area contributed by atoms with Gasteiger partial charge in [-0.25, -0.2) is 9.44 Å². The fourth-order valence-electron chi connectivity index (χ4n) is 1.53. The number of hydrogen-bond donors (Lipinski definition) is 3. The summed E-state index contributed by atoms with van der Waals surface area (Å²) in [6, 6.07) is 0.562. The molecule has 1 heterocycles. The van der Waals surface area contributed by atoms with Crippen LogP contribution in [0.1, 0.15) is 19.8 Å². The van der Waals surface area contributed by atoms with Gasteiger partial charge in [0.05, 0.1) is 0 Å². The normalized spacial score (nSPS) is 29.0. The van der Waals surface area contributed by atoms with Crippen LogP contribution in [0.3, 0.4) is 0 Å². The molecule has 2 atom stereocenters. The zero-order valence-electron chi connectivity index (χ0n) is 8.71. The third kappa shape index (κ3) is 3.91. The number of hydrogen-bond acceptors (Lipinski definition) is 3. The van der Waals surface area contributed by atoms with Gasteiger partial charge in [0.1, 0.15) is 0 Å². The molecule has 14 heavy (non-hydrogen) atoms. The molecule has 1 aliphatic heterocycles. The van der Waals surface area contributed by atoms with Gasteiger partial charge in [-0.2, -0.15) is 8.42 Å². The Bertz CT molecular complexity index is 258. The van der Waals surface area contributed by atoms with Gasteiger partial charge in [0.15, 0.2) is 0 Å². The Kier molecular flexibility index (Phi) is 4.31. The first kappa shape index (κ1) is 11.9. The highest BCUT2D eigenvalue weighted by Crippen LogP contribution is 2.12. The van der Waals surface area contributed by atoms with E-state index in [0.29, 0.717) is 18.5 Å². The molecule has 0 aromatic carbocycles. The molecule has 0 bridgehead atoms. The fraction of sp³-hybridized carbons (Fsp3) is 1.00.